The summed E-state index contributed by atoms with van der Waals surface area (Å²) in [6.45, 7) is 4.02. The molecule has 35 heavy (non-hydrogen) atoms. The van der Waals surface area contributed by atoms with Crippen molar-refractivity contribution in [3.05, 3.63) is 40.7 Å². The Morgan fingerprint density at radius 3 is 2.63 bits per heavy atom. The highest BCUT2D eigenvalue weighted by Gasteiger charge is 2.42. The van der Waals surface area contributed by atoms with Gasteiger partial charge in [0.1, 0.15) is 6.04 Å². The van der Waals surface area contributed by atoms with Crippen LogP contribution in [0.5, 0.6) is 0 Å². The molecule has 2 aliphatic rings. The van der Waals surface area contributed by atoms with Crippen molar-refractivity contribution in [2.75, 3.05) is 5.32 Å². The Morgan fingerprint density at radius 1 is 1.29 bits per heavy atom. The van der Waals surface area contributed by atoms with Gasteiger partial charge in [-0.15, -0.1) is 0 Å². The maximum Gasteiger partial charge on any atom is 0.435 e. The Bertz CT molecular complexity index is 1160. The molecule has 190 valence electrons. The average molecular weight is 494 g/mol. The summed E-state index contributed by atoms with van der Waals surface area (Å²) in [5.41, 5.74) is 11.9. The van der Waals surface area contributed by atoms with Crippen molar-refractivity contribution in [2.45, 2.75) is 70.6 Å². The van der Waals surface area contributed by atoms with Crippen molar-refractivity contribution in [3.8, 4) is 5.69 Å². The summed E-state index contributed by atoms with van der Waals surface area (Å²) >= 11 is 0. The van der Waals surface area contributed by atoms with Crippen molar-refractivity contribution in [3.63, 3.8) is 0 Å². The van der Waals surface area contributed by atoms with Gasteiger partial charge >= 0.3 is 12.1 Å². The Labute approximate surface area is 200 Å². The van der Waals surface area contributed by atoms with Crippen molar-refractivity contribution < 1.29 is 27.9 Å². The summed E-state index contributed by atoms with van der Waals surface area (Å²) in [6, 6.07) is 3.12. The number of nitrogens with one attached hydrogen (secondary N) is 1. The quantitative estimate of drug-likeness (QED) is 0.486. The SMILES string of the molecule is CC1(C)CCc2c(C(F)(F)F)nn(-c3ccc(C(N)=O)c(N[C@H]4CCC[C@H]4C(N)C(=O)O)c3)c2C1. The van der Waals surface area contributed by atoms with Gasteiger partial charge in [-0.05, 0) is 55.7 Å². The number of hydrogen-bond acceptors (Lipinski definition) is 5. The van der Waals surface area contributed by atoms with E-state index in [0.29, 0.717) is 42.8 Å². The molecule has 11 heteroatoms. The highest BCUT2D eigenvalue weighted by molar-refractivity contribution is 5.99. The average Bonchev–Trinajstić information content (AvgIpc) is 3.36. The number of carboxylic acid groups (broad SMARTS) is 1. The molecule has 2 aromatic rings. The van der Waals surface area contributed by atoms with E-state index in [1.807, 2.05) is 13.8 Å². The first-order valence-corrected chi connectivity index (χ1v) is 11.7. The Morgan fingerprint density at radius 2 is 2.00 bits per heavy atom. The lowest BCUT2D eigenvalue weighted by Crippen LogP contribution is -2.44. The molecule has 1 amide bonds. The molecule has 3 atom stereocenters. The van der Waals surface area contributed by atoms with E-state index in [1.54, 1.807) is 6.07 Å². The summed E-state index contributed by atoms with van der Waals surface area (Å²) in [4.78, 5) is 23.6. The summed E-state index contributed by atoms with van der Waals surface area (Å²) in [6.07, 6.45) is -1.27. The molecule has 2 aliphatic carbocycles. The highest BCUT2D eigenvalue weighted by Crippen LogP contribution is 2.42. The number of nitrogens with two attached hydrogens (primary N) is 2. The fourth-order valence-electron chi connectivity index (χ4n) is 5.35. The lowest BCUT2D eigenvalue weighted by molar-refractivity contribution is -0.142. The van der Waals surface area contributed by atoms with E-state index in [9.17, 15) is 27.9 Å². The van der Waals surface area contributed by atoms with Gasteiger partial charge in [0.05, 0.1) is 11.3 Å². The fraction of sp³-hybridized carbons (Fsp3) is 0.542. The Hall–Kier alpha value is -3.08. The molecule has 0 spiro atoms. The predicted molar refractivity (Wildman–Crippen MR) is 123 cm³/mol. The molecule has 1 saturated carbocycles. The molecular formula is C24H30F3N5O3. The summed E-state index contributed by atoms with van der Waals surface area (Å²) in [5, 5.41) is 16.5. The third-order valence-corrected chi connectivity index (χ3v) is 7.23. The topological polar surface area (TPSA) is 136 Å². The summed E-state index contributed by atoms with van der Waals surface area (Å²) in [5.74, 6) is -2.19. The zero-order valence-electron chi connectivity index (χ0n) is 19.7. The molecule has 0 bridgehead atoms. The van der Waals surface area contributed by atoms with E-state index < -0.39 is 29.8 Å². The number of anilines is 1. The molecule has 0 saturated heterocycles. The second-order valence-corrected chi connectivity index (χ2v) is 10.3. The fourth-order valence-corrected chi connectivity index (χ4v) is 5.35. The van der Waals surface area contributed by atoms with Crippen LogP contribution in [0, 0.1) is 11.3 Å². The monoisotopic (exact) mass is 493 g/mol. The third kappa shape index (κ3) is 4.86. The van der Waals surface area contributed by atoms with Crippen LogP contribution in [0.15, 0.2) is 18.2 Å². The van der Waals surface area contributed by atoms with E-state index in [4.69, 9.17) is 11.5 Å². The van der Waals surface area contributed by atoms with E-state index >= 15 is 0 Å². The Balaban J connectivity index is 1.78. The molecule has 0 aliphatic heterocycles. The molecule has 4 rings (SSSR count). The highest BCUT2D eigenvalue weighted by atomic mass is 19.4. The molecule has 1 fully saturated rings. The first kappa shape index (κ1) is 25.0. The first-order valence-electron chi connectivity index (χ1n) is 11.7. The molecule has 1 unspecified atom stereocenters. The van der Waals surface area contributed by atoms with Gasteiger partial charge in [0, 0.05) is 28.9 Å². The number of primary amides is 1. The van der Waals surface area contributed by atoms with Crippen molar-refractivity contribution in [2.24, 2.45) is 22.8 Å². The van der Waals surface area contributed by atoms with Gasteiger partial charge in [0.2, 0.25) is 0 Å². The minimum atomic E-state index is -4.59. The zero-order chi connectivity index (χ0) is 25.7. The third-order valence-electron chi connectivity index (χ3n) is 7.23. The minimum Gasteiger partial charge on any atom is -0.480 e. The van der Waals surface area contributed by atoms with Gasteiger partial charge in [0.15, 0.2) is 5.69 Å². The number of amides is 1. The lowest BCUT2D eigenvalue weighted by Gasteiger charge is -2.30. The molecule has 1 aromatic heterocycles. The van der Waals surface area contributed by atoms with Gasteiger partial charge in [0.25, 0.3) is 5.91 Å². The van der Waals surface area contributed by atoms with Crippen LogP contribution < -0.4 is 16.8 Å². The number of benzene rings is 1. The molecule has 1 aromatic carbocycles. The van der Waals surface area contributed by atoms with Crippen LogP contribution in [0.1, 0.15) is 66.8 Å². The van der Waals surface area contributed by atoms with E-state index in [1.165, 1.54) is 16.8 Å². The van der Waals surface area contributed by atoms with Crippen LogP contribution in [0.2, 0.25) is 0 Å². The van der Waals surface area contributed by atoms with E-state index in [0.717, 1.165) is 6.42 Å². The van der Waals surface area contributed by atoms with Gasteiger partial charge < -0.3 is 21.9 Å². The predicted octanol–water partition coefficient (Wildman–Crippen LogP) is 3.50. The standard InChI is InChI=1S/C24H30F3N5O3/c1-23(2)9-8-15-18(11-23)32(31-20(15)24(25,26)27)12-6-7-14(21(29)33)17(10-12)30-16-5-3-4-13(16)19(28)22(34)35/h6-7,10,13,16,19,30H,3-5,8-9,11,28H2,1-2H3,(H2,29,33)(H,34,35)/t13-,16+,19?/m1/s1. The van der Waals surface area contributed by atoms with Crippen LogP contribution >= 0.6 is 0 Å². The van der Waals surface area contributed by atoms with Crippen LogP contribution in [-0.4, -0.2) is 38.8 Å². The molecule has 0 radical (unpaired) electrons. The maximum atomic E-state index is 13.8. The lowest BCUT2D eigenvalue weighted by atomic mass is 9.76. The number of rotatable bonds is 6. The number of halogens is 3. The van der Waals surface area contributed by atoms with Crippen LogP contribution in [0.3, 0.4) is 0 Å². The number of aliphatic carboxylic acids is 1. The number of aromatic nitrogens is 2. The van der Waals surface area contributed by atoms with Gasteiger partial charge in [-0.3, -0.25) is 9.59 Å². The van der Waals surface area contributed by atoms with E-state index in [-0.39, 0.29) is 34.9 Å². The van der Waals surface area contributed by atoms with Gasteiger partial charge in [-0.25, -0.2) is 4.68 Å². The number of hydrogen-bond donors (Lipinski definition) is 4. The molecule has 1 heterocycles. The summed E-state index contributed by atoms with van der Waals surface area (Å²) < 4.78 is 42.7. The van der Waals surface area contributed by atoms with E-state index in [2.05, 4.69) is 10.4 Å². The summed E-state index contributed by atoms with van der Waals surface area (Å²) in [7, 11) is 0. The zero-order valence-corrected chi connectivity index (χ0v) is 19.7. The van der Waals surface area contributed by atoms with Crippen LogP contribution in [0.25, 0.3) is 5.69 Å². The normalized spacial score (nSPS) is 22.5. The second kappa shape index (κ2) is 8.85. The van der Waals surface area contributed by atoms with Crippen LogP contribution in [0.4, 0.5) is 18.9 Å². The van der Waals surface area contributed by atoms with Crippen molar-refractivity contribution in [1.82, 2.24) is 9.78 Å². The molecule has 6 N–H and O–H groups in total. The number of fused-ring (bicyclic) bond motifs is 1. The van der Waals surface area contributed by atoms with Gasteiger partial charge in [-0.2, -0.15) is 18.3 Å². The number of nitrogens with zero attached hydrogens (tertiary/aromatic N) is 2. The number of alkyl halides is 3. The van der Waals surface area contributed by atoms with Crippen molar-refractivity contribution in [1.29, 1.82) is 0 Å². The minimum absolute atomic E-state index is 0.153. The van der Waals surface area contributed by atoms with Gasteiger partial charge in [-0.1, -0.05) is 20.3 Å². The second-order valence-electron chi connectivity index (χ2n) is 10.3. The van der Waals surface area contributed by atoms with Crippen molar-refractivity contribution >= 4 is 17.6 Å². The first-order chi connectivity index (χ1) is 16.3. The smallest absolute Gasteiger partial charge is 0.435 e. The maximum absolute atomic E-state index is 13.8. The largest absolute Gasteiger partial charge is 0.480 e. The molecular weight excluding hydrogens is 463 g/mol. The molecule has 8 nitrogen and oxygen atoms in total. The van der Waals surface area contributed by atoms with Crippen LogP contribution in [-0.2, 0) is 23.8 Å². The Kier molecular flexibility index (Phi) is 6.33. The number of carboxylic acids is 1. The number of carbonyl (C=O) groups excluding carboxylic acids is 1. The number of carbonyl (C=O) groups is 2.